The number of rotatable bonds is 4. The van der Waals surface area contributed by atoms with E-state index in [2.05, 4.69) is 5.32 Å². The van der Waals surface area contributed by atoms with Crippen LogP contribution in [-0.2, 0) is 4.79 Å². The van der Waals surface area contributed by atoms with Gasteiger partial charge in [0, 0.05) is 21.3 Å². The maximum Gasteiger partial charge on any atom is 0.234 e. The summed E-state index contributed by atoms with van der Waals surface area (Å²) in [5.74, 6) is 0.260. The number of amides is 1. The molecule has 0 radical (unpaired) electrons. The summed E-state index contributed by atoms with van der Waals surface area (Å²) in [6, 6.07) is 12.8. The summed E-state index contributed by atoms with van der Waals surface area (Å²) < 4.78 is 0. The van der Waals surface area contributed by atoms with Crippen LogP contribution < -0.4 is 11.1 Å². The average molecular weight is 307 g/mol. The van der Waals surface area contributed by atoms with E-state index >= 15 is 0 Å². The van der Waals surface area contributed by atoms with Gasteiger partial charge < -0.3 is 11.1 Å². The highest BCUT2D eigenvalue weighted by atomic mass is 35.5. The molecule has 3 N–H and O–H groups in total. The molecule has 5 heteroatoms. The summed E-state index contributed by atoms with van der Waals surface area (Å²) in [7, 11) is 0. The molecule has 0 aliphatic rings. The van der Waals surface area contributed by atoms with Crippen LogP contribution in [0, 0.1) is 6.92 Å². The summed E-state index contributed by atoms with van der Waals surface area (Å²) in [5, 5.41) is 3.41. The van der Waals surface area contributed by atoms with Gasteiger partial charge in [-0.3, -0.25) is 4.79 Å². The van der Waals surface area contributed by atoms with Gasteiger partial charge >= 0.3 is 0 Å². The summed E-state index contributed by atoms with van der Waals surface area (Å²) in [5.41, 5.74) is 8.26. The van der Waals surface area contributed by atoms with Crippen molar-refractivity contribution in [3.8, 4) is 0 Å². The number of carbonyl (C=O) groups is 1. The van der Waals surface area contributed by atoms with Gasteiger partial charge in [0.25, 0.3) is 0 Å². The van der Waals surface area contributed by atoms with E-state index in [1.54, 1.807) is 24.3 Å². The maximum atomic E-state index is 11.9. The number of hydrogen-bond acceptors (Lipinski definition) is 3. The molecule has 0 heterocycles. The predicted octanol–water partition coefficient (Wildman–Crippen LogP) is 3.96. The minimum atomic E-state index is -0.0703. The number of halogens is 1. The number of thioether (sulfide) groups is 1. The fourth-order valence-corrected chi connectivity index (χ4v) is 2.74. The lowest BCUT2D eigenvalue weighted by Gasteiger charge is -2.08. The zero-order chi connectivity index (χ0) is 14.5. The van der Waals surface area contributed by atoms with E-state index < -0.39 is 0 Å². The van der Waals surface area contributed by atoms with Crippen molar-refractivity contribution in [3.63, 3.8) is 0 Å². The second-order valence-corrected chi connectivity index (χ2v) is 5.83. The molecule has 0 atom stereocenters. The van der Waals surface area contributed by atoms with Crippen molar-refractivity contribution in [3.05, 3.63) is 53.1 Å². The third-order valence-corrected chi connectivity index (χ3v) is 4.07. The van der Waals surface area contributed by atoms with Gasteiger partial charge in [-0.1, -0.05) is 23.7 Å². The first-order chi connectivity index (χ1) is 9.54. The fraction of sp³-hybridized carbons (Fsp3) is 0.133. The summed E-state index contributed by atoms with van der Waals surface area (Å²) in [4.78, 5) is 12.9. The van der Waals surface area contributed by atoms with Crippen molar-refractivity contribution >= 4 is 40.6 Å². The number of nitrogens with one attached hydrogen (secondary N) is 1. The van der Waals surface area contributed by atoms with Gasteiger partial charge in [0.2, 0.25) is 5.91 Å². The predicted molar refractivity (Wildman–Crippen MR) is 86.4 cm³/mol. The number of nitrogens with two attached hydrogens (primary N) is 1. The zero-order valence-electron chi connectivity index (χ0n) is 11.0. The summed E-state index contributed by atoms with van der Waals surface area (Å²) >= 11 is 7.34. The Bertz CT molecular complexity index is 631. The summed E-state index contributed by atoms with van der Waals surface area (Å²) in [6.07, 6.45) is 0. The van der Waals surface area contributed by atoms with Crippen LogP contribution in [0.3, 0.4) is 0 Å². The van der Waals surface area contributed by atoms with Crippen molar-refractivity contribution in [1.82, 2.24) is 0 Å². The smallest absolute Gasteiger partial charge is 0.234 e. The molecule has 2 aromatic carbocycles. The van der Waals surface area contributed by atoms with Crippen LogP contribution >= 0.6 is 23.4 Å². The van der Waals surface area contributed by atoms with Gasteiger partial charge in [0.05, 0.1) is 5.75 Å². The number of anilines is 2. The Morgan fingerprint density at radius 1 is 1.30 bits per heavy atom. The van der Waals surface area contributed by atoms with E-state index in [1.807, 2.05) is 25.1 Å². The minimum absolute atomic E-state index is 0.0703. The number of benzene rings is 2. The third kappa shape index (κ3) is 4.18. The normalized spacial score (nSPS) is 10.3. The Morgan fingerprint density at radius 3 is 2.85 bits per heavy atom. The Hall–Kier alpha value is -1.65. The Morgan fingerprint density at radius 2 is 2.10 bits per heavy atom. The van der Waals surface area contributed by atoms with E-state index in [0.717, 1.165) is 10.5 Å². The number of aryl methyl sites for hydroxylation is 1. The van der Waals surface area contributed by atoms with Crippen LogP contribution in [0.2, 0.25) is 5.02 Å². The Kier molecular flexibility index (Phi) is 4.93. The molecular weight excluding hydrogens is 292 g/mol. The van der Waals surface area contributed by atoms with E-state index in [-0.39, 0.29) is 5.91 Å². The molecule has 2 rings (SSSR count). The maximum absolute atomic E-state index is 11.9. The molecule has 0 bridgehead atoms. The molecule has 0 aliphatic heterocycles. The van der Waals surface area contributed by atoms with Crippen molar-refractivity contribution in [2.45, 2.75) is 11.8 Å². The lowest BCUT2D eigenvalue weighted by molar-refractivity contribution is -0.113. The monoisotopic (exact) mass is 306 g/mol. The van der Waals surface area contributed by atoms with Gasteiger partial charge in [0.1, 0.15) is 0 Å². The number of nitrogen functional groups attached to an aromatic ring is 1. The van der Waals surface area contributed by atoms with Crippen molar-refractivity contribution < 1.29 is 4.79 Å². The molecule has 0 saturated carbocycles. The van der Waals surface area contributed by atoms with Gasteiger partial charge in [0.15, 0.2) is 0 Å². The molecule has 2 aromatic rings. The van der Waals surface area contributed by atoms with Crippen LogP contribution in [0.4, 0.5) is 11.4 Å². The van der Waals surface area contributed by atoms with Crippen molar-refractivity contribution in [2.75, 3.05) is 16.8 Å². The SMILES string of the molecule is Cc1ccc(N)cc1SCC(=O)Nc1cccc(Cl)c1. The molecule has 20 heavy (non-hydrogen) atoms. The van der Waals surface area contributed by atoms with E-state index in [4.69, 9.17) is 17.3 Å². The molecule has 0 spiro atoms. The highest BCUT2D eigenvalue weighted by Gasteiger charge is 2.06. The first kappa shape index (κ1) is 14.8. The minimum Gasteiger partial charge on any atom is -0.399 e. The first-order valence-corrected chi connectivity index (χ1v) is 7.45. The second-order valence-electron chi connectivity index (χ2n) is 4.37. The average Bonchev–Trinajstić information content (AvgIpc) is 2.40. The van der Waals surface area contributed by atoms with Crippen LogP contribution in [-0.4, -0.2) is 11.7 Å². The van der Waals surface area contributed by atoms with E-state index in [9.17, 15) is 4.79 Å². The summed E-state index contributed by atoms with van der Waals surface area (Å²) in [6.45, 7) is 2.00. The van der Waals surface area contributed by atoms with Crippen LogP contribution in [0.1, 0.15) is 5.56 Å². The molecular formula is C15H15ClN2OS. The quantitative estimate of drug-likeness (QED) is 0.664. The number of carbonyl (C=O) groups excluding carboxylic acids is 1. The van der Waals surface area contributed by atoms with Crippen molar-refractivity contribution in [2.24, 2.45) is 0 Å². The largest absolute Gasteiger partial charge is 0.399 e. The third-order valence-electron chi connectivity index (χ3n) is 2.68. The Labute approximate surface area is 127 Å². The zero-order valence-corrected chi connectivity index (χ0v) is 12.6. The van der Waals surface area contributed by atoms with Crippen LogP contribution in [0.15, 0.2) is 47.4 Å². The van der Waals surface area contributed by atoms with E-state index in [1.165, 1.54) is 11.8 Å². The van der Waals surface area contributed by atoms with Gasteiger partial charge in [-0.05, 0) is 42.8 Å². The highest BCUT2D eigenvalue weighted by molar-refractivity contribution is 8.00. The number of hydrogen-bond donors (Lipinski definition) is 2. The van der Waals surface area contributed by atoms with Gasteiger partial charge in [-0.25, -0.2) is 0 Å². The molecule has 1 amide bonds. The molecule has 0 fully saturated rings. The lowest BCUT2D eigenvalue weighted by Crippen LogP contribution is -2.14. The first-order valence-electron chi connectivity index (χ1n) is 6.09. The van der Waals surface area contributed by atoms with Gasteiger partial charge in [-0.2, -0.15) is 0 Å². The molecule has 3 nitrogen and oxygen atoms in total. The van der Waals surface area contributed by atoms with E-state index in [0.29, 0.717) is 22.2 Å². The second kappa shape index (κ2) is 6.68. The van der Waals surface area contributed by atoms with Crippen LogP contribution in [0.5, 0.6) is 0 Å². The highest BCUT2D eigenvalue weighted by Crippen LogP contribution is 2.25. The van der Waals surface area contributed by atoms with Crippen molar-refractivity contribution in [1.29, 1.82) is 0 Å². The lowest BCUT2D eigenvalue weighted by atomic mass is 10.2. The van der Waals surface area contributed by atoms with Crippen LogP contribution in [0.25, 0.3) is 0 Å². The molecule has 0 aromatic heterocycles. The molecule has 0 saturated heterocycles. The fourth-order valence-electron chi connectivity index (χ4n) is 1.68. The molecule has 0 unspecified atom stereocenters. The van der Waals surface area contributed by atoms with Gasteiger partial charge in [-0.15, -0.1) is 11.8 Å². The topological polar surface area (TPSA) is 55.1 Å². The standard InChI is InChI=1S/C15H15ClN2OS/c1-10-5-6-12(17)8-14(10)20-9-15(19)18-13-4-2-3-11(16)7-13/h2-8H,9,17H2,1H3,(H,18,19). The Balaban J connectivity index is 1.94. The molecule has 0 aliphatic carbocycles. The molecule has 104 valence electrons.